The quantitative estimate of drug-likeness (QED) is 0.230. The topological polar surface area (TPSA) is 34.9 Å². The van der Waals surface area contributed by atoms with Gasteiger partial charge in [0.15, 0.2) is 5.16 Å². The van der Waals surface area contributed by atoms with Crippen LogP contribution in [-0.2, 0) is 24.8 Å². The Bertz CT molecular complexity index is 1390. The van der Waals surface area contributed by atoms with Crippen LogP contribution in [0.4, 0.5) is 0 Å². The van der Waals surface area contributed by atoms with Crippen LogP contribution in [0.1, 0.15) is 47.9 Å². The van der Waals surface area contributed by atoms with Gasteiger partial charge < -0.3 is 0 Å². The Morgan fingerprint density at radius 1 is 0.829 bits per heavy atom. The fourth-order valence-corrected chi connectivity index (χ4v) is 6.94. The zero-order valence-corrected chi connectivity index (χ0v) is 20.8. The number of hydrogen-bond acceptors (Lipinski definition) is 3. The van der Waals surface area contributed by atoms with Gasteiger partial charge in [0.05, 0.1) is 17.8 Å². The summed E-state index contributed by atoms with van der Waals surface area (Å²) in [6.07, 6.45) is 6.44. The maximum Gasteiger partial charge on any atom is 0.258 e. The van der Waals surface area contributed by atoms with Crippen LogP contribution in [0, 0.1) is 0 Å². The Labute approximate surface area is 211 Å². The Balaban J connectivity index is 1.47. The SMILES string of the molecule is O=c1c2c(nc(SCCc3ccccc3)n1Cc1ccccc1)-c1ccccc1CC21CCCC1. The summed E-state index contributed by atoms with van der Waals surface area (Å²) < 4.78 is 1.96. The number of benzene rings is 3. The zero-order valence-electron chi connectivity index (χ0n) is 20.0. The molecule has 4 heteroatoms. The number of hydrogen-bond donors (Lipinski definition) is 0. The van der Waals surface area contributed by atoms with Gasteiger partial charge in [0, 0.05) is 16.7 Å². The molecule has 0 amide bonds. The first-order valence-electron chi connectivity index (χ1n) is 12.7. The van der Waals surface area contributed by atoms with Gasteiger partial charge in [-0.2, -0.15) is 0 Å². The summed E-state index contributed by atoms with van der Waals surface area (Å²) in [6.45, 7) is 0.561. The molecule has 0 saturated heterocycles. The number of fused-ring (bicyclic) bond motifs is 4. The van der Waals surface area contributed by atoms with Crippen molar-refractivity contribution in [3.8, 4) is 11.3 Å². The largest absolute Gasteiger partial charge is 0.283 e. The molecule has 3 nitrogen and oxygen atoms in total. The number of nitrogens with zero attached hydrogens (tertiary/aromatic N) is 2. The maximum absolute atomic E-state index is 14.4. The summed E-state index contributed by atoms with van der Waals surface area (Å²) >= 11 is 1.71. The average Bonchev–Trinajstić information content (AvgIpc) is 3.35. The van der Waals surface area contributed by atoms with Gasteiger partial charge in [-0.15, -0.1) is 0 Å². The van der Waals surface area contributed by atoms with E-state index in [1.54, 1.807) is 11.8 Å². The lowest BCUT2D eigenvalue weighted by atomic mass is 9.68. The van der Waals surface area contributed by atoms with Crippen LogP contribution in [0.2, 0.25) is 0 Å². The van der Waals surface area contributed by atoms with Crippen LogP contribution in [0.5, 0.6) is 0 Å². The van der Waals surface area contributed by atoms with Crippen molar-refractivity contribution in [1.82, 2.24) is 9.55 Å². The van der Waals surface area contributed by atoms with E-state index in [4.69, 9.17) is 4.98 Å². The number of aryl methyl sites for hydroxylation is 1. The van der Waals surface area contributed by atoms with Gasteiger partial charge >= 0.3 is 0 Å². The molecule has 3 aromatic carbocycles. The first-order chi connectivity index (χ1) is 17.2. The molecule has 1 aromatic heterocycles. The van der Waals surface area contributed by atoms with Crippen molar-refractivity contribution in [2.45, 2.75) is 55.6 Å². The Hall–Kier alpha value is -3.11. The molecule has 1 fully saturated rings. The van der Waals surface area contributed by atoms with Crippen molar-refractivity contribution in [1.29, 1.82) is 0 Å². The van der Waals surface area contributed by atoms with Crippen molar-refractivity contribution in [2.75, 3.05) is 5.75 Å². The number of rotatable bonds is 6. The molecule has 0 aliphatic heterocycles. The molecule has 0 radical (unpaired) electrons. The highest BCUT2D eigenvalue weighted by molar-refractivity contribution is 7.99. The minimum absolute atomic E-state index is 0.0700. The lowest BCUT2D eigenvalue weighted by Crippen LogP contribution is -2.40. The molecule has 176 valence electrons. The second kappa shape index (κ2) is 9.50. The molecular weight excluding hydrogens is 448 g/mol. The van der Waals surface area contributed by atoms with Gasteiger partial charge in [0.1, 0.15) is 0 Å². The smallest absolute Gasteiger partial charge is 0.258 e. The van der Waals surface area contributed by atoms with Crippen LogP contribution < -0.4 is 5.56 Å². The highest BCUT2D eigenvalue weighted by atomic mass is 32.2. The summed E-state index contributed by atoms with van der Waals surface area (Å²) in [6, 6.07) is 29.5. The molecule has 2 aliphatic carbocycles. The van der Waals surface area contributed by atoms with Gasteiger partial charge in [-0.05, 0) is 42.4 Å². The highest BCUT2D eigenvalue weighted by Gasteiger charge is 2.44. The van der Waals surface area contributed by atoms with Gasteiger partial charge in [-0.1, -0.05) is 110 Å². The normalized spacial score (nSPS) is 15.7. The summed E-state index contributed by atoms with van der Waals surface area (Å²) in [5.74, 6) is 0.886. The number of thioether (sulfide) groups is 1. The fraction of sp³-hybridized carbons (Fsp3) is 0.290. The summed E-state index contributed by atoms with van der Waals surface area (Å²) in [7, 11) is 0. The minimum Gasteiger partial charge on any atom is -0.283 e. The van der Waals surface area contributed by atoms with Crippen molar-refractivity contribution < 1.29 is 0 Å². The minimum atomic E-state index is -0.0700. The standard InChI is InChI=1S/C31H30N2OS/c34-29-27-28(26-16-8-7-15-25(26)21-31(27)18-9-10-19-31)32-30(33(29)22-24-13-5-2-6-14-24)35-20-17-23-11-3-1-4-12-23/h1-8,11-16H,9-10,17-22H2. The van der Waals surface area contributed by atoms with Crippen LogP contribution in [0.3, 0.4) is 0 Å². The van der Waals surface area contributed by atoms with Gasteiger partial charge in [0.2, 0.25) is 0 Å². The molecule has 0 atom stereocenters. The summed E-state index contributed by atoms with van der Waals surface area (Å²) in [5, 5.41) is 0.832. The van der Waals surface area contributed by atoms with E-state index >= 15 is 0 Å². The van der Waals surface area contributed by atoms with Crippen molar-refractivity contribution in [3.05, 3.63) is 118 Å². The van der Waals surface area contributed by atoms with E-state index in [0.717, 1.165) is 59.0 Å². The molecule has 0 unspecified atom stereocenters. The van der Waals surface area contributed by atoms with Crippen molar-refractivity contribution in [2.24, 2.45) is 0 Å². The molecule has 0 N–H and O–H groups in total. The molecule has 35 heavy (non-hydrogen) atoms. The van der Waals surface area contributed by atoms with E-state index in [2.05, 4.69) is 66.7 Å². The van der Waals surface area contributed by atoms with Gasteiger partial charge in [-0.25, -0.2) is 4.98 Å². The van der Waals surface area contributed by atoms with E-state index in [1.807, 2.05) is 22.8 Å². The van der Waals surface area contributed by atoms with Gasteiger partial charge in [0.25, 0.3) is 5.56 Å². The maximum atomic E-state index is 14.4. The first-order valence-corrected chi connectivity index (χ1v) is 13.7. The molecule has 1 spiro atoms. The van der Waals surface area contributed by atoms with E-state index in [9.17, 15) is 4.79 Å². The lowest BCUT2D eigenvalue weighted by molar-refractivity contribution is 0.417. The van der Waals surface area contributed by atoms with E-state index in [1.165, 1.54) is 24.0 Å². The van der Waals surface area contributed by atoms with Crippen LogP contribution >= 0.6 is 11.8 Å². The molecule has 6 rings (SSSR count). The summed E-state index contributed by atoms with van der Waals surface area (Å²) in [4.78, 5) is 19.6. The third-order valence-electron chi connectivity index (χ3n) is 7.67. The fourth-order valence-electron chi connectivity index (χ4n) is 5.97. The zero-order chi connectivity index (χ0) is 23.7. The highest BCUT2D eigenvalue weighted by Crippen LogP contribution is 2.50. The third-order valence-corrected chi connectivity index (χ3v) is 8.65. The predicted octanol–water partition coefficient (Wildman–Crippen LogP) is 6.66. The van der Waals surface area contributed by atoms with Crippen LogP contribution in [0.15, 0.2) is 94.9 Å². The Kier molecular flexibility index (Phi) is 6.07. The molecule has 2 aliphatic rings. The predicted molar refractivity (Wildman–Crippen MR) is 144 cm³/mol. The van der Waals surface area contributed by atoms with Crippen LogP contribution in [-0.4, -0.2) is 15.3 Å². The van der Waals surface area contributed by atoms with E-state index in [-0.39, 0.29) is 11.0 Å². The number of aromatic nitrogens is 2. The summed E-state index contributed by atoms with van der Waals surface area (Å²) in [5.41, 5.74) is 6.94. The van der Waals surface area contributed by atoms with Crippen molar-refractivity contribution in [3.63, 3.8) is 0 Å². The van der Waals surface area contributed by atoms with Crippen LogP contribution in [0.25, 0.3) is 11.3 Å². The Morgan fingerprint density at radius 3 is 2.23 bits per heavy atom. The molecule has 1 heterocycles. The van der Waals surface area contributed by atoms with E-state index in [0.29, 0.717) is 6.54 Å². The second-order valence-electron chi connectivity index (χ2n) is 9.90. The second-order valence-corrected chi connectivity index (χ2v) is 11.0. The van der Waals surface area contributed by atoms with E-state index < -0.39 is 0 Å². The lowest BCUT2D eigenvalue weighted by Gasteiger charge is -2.36. The average molecular weight is 479 g/mol. The monoisotopic (exact) mass is 478 g/mol. The molecule has 0 bridgehead atoms. The molecule has 4 aromatic rings. The van der Waals surface area contributed by atoms with Crippen molar-refractivity contribution >= 4 is 11.8 Å². The molecule has 1 saturated carbocycles. The first kappa shape index (κ1) is 22.4. The van der Waals surface area contributed by atoms with Gasteiger partial charge in [-0.3, -0.25) is 9.36 Å². The Morgan fingerprint density at radius 2 is 1.49 bits per heavy atom. The third kappa shape index (κ3) is 4.25. The molecular formula is C31H30N2OS.